The van der Waals surface area contributed by atoms with Crippen molar-refractivity contribution >= 4 is 57.8 Å². The first kappa shape index (κ1) is 16.9. The summed E-state index contributed by atoms with van der Waals surface area (Å²) in [6.07, 6.45) is 1.79. The van der Waals surface area contributed by atoms with Crippen molar-refractivity contribution in [3.63, 3.8) is 0 Å². The standard InChI is InChI=1S/C17H12Cl2N2O2S/c1-23-11-7-5-10(6-8-11)9-14-16(22)21-17(24-14)20-13-4-2-3-12(18)15(13)19/h2-9H,1H3,(H,20,21,22)/b14-9-. The summed E-state index contributed by atoms with van der Waals surface area (Å²) in [5.41, 5.74) is 1.41. The predicted molar refractivity (Wildman–Crippen MR) is 100 cm³/mol. The number of nitrogens with zero attached hydrogens (tertiary/aromatic N) is 1. The largest absolute Gasteiger partial charge is 0.497 e. The lowest BCUT2D eigenvalue weighted by molar-refractivity contribution is -0.115. The quantitative estimate of drug-likeness (QED) is 0.773. The second-order valence-electron chi connectivity index (χ2n) is 4.83. The van der Waals surface area contributed by atoms with Crippen LogP contribution >= 0.6 is 35.0 Å². The van der Waals surface area contributed by atoms with Crippen LogP contribution in [0.2, 0.25) is 10.0 Å². The Bertz CT molecular complexity index is 848. The van der Waals surface area contributed by atoms with Crippen LogP contribution in [0.5, 0.6) is 5.75 Å². The molecule has 7 heteroatoms. The zero-order valence-corrected chi connectivity index (χ0v) is 14.9. The highest BCUT2D eigenvalue weighted by atomic mass is 35.5. The van der Waals surface area contributed by atoms with Gasteiger partial charge < -0.3 is 10.1 Å². The van der Waals surface area contributed by atoms with Crippen molar-refractivity contribution in [1.29, 1.82) is 0 Å². The highest BCUT2D eigenvalue weighted by Crippen LogP contribution is 2.34. The molecule has 0 radical (unpaired) electrons. The zero-order valence-electron chi connectivity index (χ0n) is 12.5. The summed E-state index contributed by atoms with van der Waals surface area (Å²) in [5.74, 6) is 0.561. The van der Waals surface area contributed by atoms with Crippen molar-refractivity contribution in [3.8, 4) is 5.75 Å². The van der Waals surface area contributed by atoms with Gasteiger partial charge in [0.1, 0.15) is 5.75 Å². The molecule has 0 saturated carbocycles. The van der Waals surface area contributed by atoms with Crippen LogP contribution in [0.15, 0.2) is 52.4 Å². The van der Waals surface area contributed by atoms with Crippen molar-refractivity contribution in [2.24, 2.45) is 4.99 Å². The Balaban J connectivity index is 1.83. The molecule has 0 aliphatic carbocycles. The normalized spacial score (nSPS) is 17.4. The smallest absolute Gasteiger partial charge is 0.264 e. The molecule has 0 unspecified atom stereocenters. The molecule has 24 heavy (non-hydrogen) atoms. The SMILES string of the molecule is COc1ccc(/C=C2\SC(=Nc3cccc(Cl)c3Cl)NC2=O)cc1. The molecule has 0 atom stereocenters. The topological polar surface area (TPSA) is 50.7 Å². The summed E-state index contributed by atoms with van der Waals surface area (Å²) in [7, 11) is 1.61. The van der Waals surface area contributed by atoms with Crippen LogP contribution in [-0.2, 0) is 4.79 Å². The molecule has 1 aliphatic rings. The second-order valence-corrected chi connectivity index (χ2v) is 6.64. The Morgan fingerprint density at radius 3 is 2.62 bits per heavy atom. The van der Waals surface area contributed by atoms with Crippen LogP contribution in [0, 0.1) is 0 Å². The summed E-state index contributed by atoms with van der Waals surface area (Å²) in [6.45, 7) is 0. The summed E-state index contributed by atoms with van der Waals surface area (Å²) in [4.78, 5) is 17.0. The molecule has 1 heterocycles. The number of aliphatic imine (C=N–C) groups is 1. The molecule has 1 saturated heterocycles. The van der Waals surface area contributed by atoms with E-state index in [1.54, 1.807) is 31.4 Å². The molecule has 1 fully saturated rings. The first-order valence-corrected chi connectivity index (χ1v) is 8.52. The van der Waals surface area contributed by atoms with Crippen molar-refractivity contribution in [2.75, 3.05) is 7.11 Å². The van der Waals surface area contributed by atoms with E-state index in [9.17, 15) is 4.79 Å². The predicted octanol–water partition coefficient (Wildman–Crippen LogP) is 4.89. The first-order chi connectivity index (χ1) is 11.6. The lowest BCUT2D eigenvalue weighted by Gasteiger charge is -2.01. The second kappa shape index (κ2) is 7.30. The van der Waals surface area contributed by atoms with Crippen molar-refractivity contribution in [1.82, 2.24) is 5.32 Å². The number of carbonyl (C=O) groups excluding carboxylic acids is 1. The molecule has 1 aliphatic heterocycles. The van der Waals surface area contributed by atoms with Crippen LogP contribution in [0.1, 0.15) is 5.56 Å². The first-order valence-electron chi connectivity index (χ1n) is 6.94. The number of hydrogen-bond acceptors (Lipinski definition) is 4. The summed E-state index contributed by atoms with van der Waals surface area (Å²) in [5, 5.41) is 3.96. The highest BCUT2D eigenvalue weighted by molar-refractivity contribution is 8.18. The van der Waals surface area contributed by atoms with Gasteiger partial charge in [0, 0.05) is 0 Å². The third-order valence-corrected chi connectivity index (χ3v) is 4.94. The minimum Gasteiger partial charge on any atom is -0.497 e. The van der Waals surface area contributed by atoms with Gasteiger partial charge in [0.15, 0.2) is 5.17 Å². The molecule has 0 aromatic heterocycles. The van der Waals surface area contributed by atoms with Gasteiger partial charge in [-0.1, -0.05) is 41.4 Å². The maximum atomic E-state index is 12.1. The van der Waals surface area contributed by atoms with Gasteiger partial charge >= 0.3 is 0 Å². The van der Waals surface area contributed by atoms with Crippen LogP contribution in [0.25, 0.3) is 6.08 Å². The lowest BCUT2D eigenvalue weighted by atomic mass is 10.2. The minimum atomic E-state index is -0.201. The average Bonchev–Trinajstić information content (AvgIpc) is 2.92. The third kappa shape index (κ3) is 3.75. The van der Waals surface area contributed by atoms with Crippen molar-refractivity contribution in [2.45, 2.75) is 0 Å². The molecule has 2 aromatic carbocycles. The maximum Gasteiger partial charge on any atom is 0.264 e. The Morgan fingerprint density at radius 1 is 1.17 bits per heavy atom. The number of methoxy groups -OCH3 is 1. The van der Waals surface area contributed by atoms with Crippen molar-refractivity contribution in [3.05, 3.63) is 63.0 Å². The van der Waals surface area contributed by atoms with E-state index in [1.165, 1.54) is 11.8 Å². The van der Waals surface area contributed by atoms with Gasteiger partial charge in [0.25, 0.3) is 5.91 Å². The Kier molecular flexibility index (Phi) is 5.14. The van der Waals surface area contributed by atoms with Crippen LogP contribution in [0.3, 0.4) is 0 Å². The number of rotatable bonds is 3. The molecular formula is C17H12Cl2N2O2S. The van der Waals surface area contributed by atoms with E-state index >= 15 is 0 Å². The van der Waals surface area contributed by atoms with Gasteiger partial charge in [-0.25, -0.2) is 4.99 Å². The molecule has 4 nitrogen and oxygen atoms in total. The van der Waals surface area contributed by atoms with E-state index in [4.69, 9.17) is 27.9 Å². The van der Waals surface area contributed by atoms with E-state index in [0.717, 1.165) is 11.3 Å². The number of halogens is 2. The number of nitrogens with one attached hydrogen (secondary N) is 1. The van der Waals surface area contributed by atoms with Gasteiger partial charge in [-0.3, -0.25) is 4.79 Å². The molecule has 1 amide bonds. The van der Waals surface area contributed by atoms with E-state index in [-0.39, 0.29) is 5.91 Å². The molecular weight excluding hydrogens is 367 g/mol. The van der Waals surface area contributed by atoms with E-state index in [2.05, 4.69) is 10.3 Å². The third-order valence-electron chi connectivity index (χ3n) is 3.22. The van der Waals surface area contributed by atoms with Gasteiger partial charge in [-0.15, -0.1) is 0 Å². The van der Waals surface area contributed by atoms with Gasteiger partial charge in [-0.2, -0.15) is 0 Å². The Labute approximate surface area is 153 Å². The number of benzene rings is 2. The van der Waals surface area contributed by atoms with Crippen molar-refractivity contribution < 1.29 is 9.53 Å². The van der Waals surface area contributed by atoms with E-state index < -0.39 is 0 Å². The fourth-order valence-electron chi connectivity index (χ4n) is 2.02. The fraction of sp³-hybridized carbons (Fsp3) is 0.0588. The molecule has 3 rings (SSSR count). The Hall–Kier alpha value is -1.95. The lowest BCUT2D eigenvalue weighted by Crippen LogP contribution is -2.19. The van der Waals surface area contributed by atoms with Gasteiger partial charge in [0.05, 0.1) is 27.7 Å². The molecule has 122 valence electrons. The molecule has 2 aromatic rings. The number of carbonyl (C=O) groups is 1. The summed E-state index contributed by atoms with van der Waals surface area (Å²) < 4.78 is 5.12. The highest BCUT2D eigenvalue weighted by Gasteiger charge is 2.24. The number of hydrogen-bond donors (Lipinski definition) is 1. The monoisotopic (exact) mass is 378 g/mol. The fourth-order valence-corrected chi connectivity index (χ4v) is 3.19. The van der Waals surface area contributed by atoms with Crippen LogP contribution in [-0.4, -0.2) is 18.2 Å². The molecule has 1 N–H and O–H groups in total. The van der Waals surface area contributed by atoms with Gasteiger partial charge in [0.2, 0.25) is 0 Å². The zero-order chi connectivity index (χ0) is 17.1. The maximum absolute atomic E-state index is 12.1. The number of ether oxygens (including phenoxy) is 1. The number of amidine groups is 1. The Morgan fingerprint density at radius 2 is 1.92 bits per heavy atom. The number of thioether (sulfide) groups is 1. The van der Waals surface area contributed by atoms with E-state index in [0.29, 0.717) is 25.8 Å². The minimum absolute atomic E-state index is 0.201. The van der Waals surface area contributed by atoms with Gasteiger partial charge in [-0.05, 0) is 47.7 Å². The number of amides is 1. The average molecular weight is 379 g/mol. The van der Waals surface area contributed by atoms with E-state index in [1.807, 2.05) is 24.3 Å². The van der Waals surface area contributed by atoms with Crippen LogP contribution < -0.4 is 10.1 Å². The van der Waals surface area contributed by atoms with Crippen LogP contribution in [0.4, 0.5) is 5.69 Å². The summed E-state index contributed by atoms with van der Waals surface area (Å²) in [6, 6.07) is 12.6. The summed E-state index contributed by atoms with van der Waals surface area (Å²) >= 11 is 13.3. The molecule has 0 spiro atoms. The molecule has 0 bridgehead atoms.